The van der Waals surface area contributed by atoms with Gasteiger partial charge in [0.25, 0.3) is 0 Å². The molecule has 1 heterocycles. The van der Waals surface area contributed by atoms with E-state index in [1.165, 1.54) is 0 Å². The largest absolute Gasteiger partial charge is 0.271 e. The summed E-state index contributed by atoms with van der Waals surface area (Å²) in [5.74, 6) is 6.08. The van der Waals surface area contributed by atoms with Crippen LogP contribution in [0.5, 0.6) is 0 Å². The topological polar surface area (TPSA) is 50.9 Å². The van der Waals surface area contributed by atoms with Crippen molar-refractivity contribution in [3.63, 3.8) is 0 Å². The van der Waals surface area contributed by atoms with Gasteiger partial charge in [0.15, 0.2) is 0 Å². The first-order chi connectivity index (χ1) is 6.24. The molecule has 0 aromatic carbocycles. The minimum Gasteiger partial charge on any atom is -0.271 e. The molecule has 0 aliphatic rings. The van der Waals surface area contributed by atoms with Crippen LogP contribution in [-0.4, -0.2) is 4.98 Å². The minimum atomic E-state index is 0.168. The van der Waals surface area contributed by atoms with E-state index in [0.717, 1.165) is 12.1 Å². The van der Waals surface area contributed by atoms with E-state index in [2.05, 4.69) is 24.3 Å². The average molecular weight is 179 g/mol. The van der Waals surface area contributed by atoms with Crippen LogP contribution in [0, 0.1) is 5.92 Å². The van der Waals surface area contributed by atoms with Gasteiger partial charge in [-0.05, 0) is 24.5 Å². The van der Waals surface area contributed by atoms with Crippen molar-refractivity contribution >= 4 is 0 Å². The van der Waals surface area contributed by atoms with Crippen LogP contribution in [0.2, 0.25) is 0 Å². The number of hydrazine groups is 1. The lowest BCUT2D eigenvalue weighted by Crippen LogP contribution is -2.29. The van der Waals surface area contributed by atoms with E-state index in [-0.39, 0.29) is 6.04 Å². The lowest BCUT2D eigenvalue weighted by atomic mass is 10.0. The van der Waals surface area contributed by atoms with Crippen LogP contribution in [0.15, 0.2) is 24.4 Å². The van der Waals surface area contributed by atoms with E-state index in [4.69, 9.17) is 5.84 Å². The molecule has 0 saturated carbocycles. The third-order valence-electron chi connectivity index (χ3n) is 1.95. The van der Waals surface area contributed by atoms with E-state index < -0.39 is 0 Å². The summed E-state index contributed by atoms with van der Waals surface area (Å²) in [6.45, 7) is 4.35. The van der Waals surface area contributed by atoms with Crippen molar-refractivity contribution < 1.29 is 0 Å². The molecule has 3 N–H and O–H groups in total. The summed E-state index contributed by atoms with van der Waals surface area (Å²) in [5, 5.41) is 0. The molecule has 0 aliphatic carbocycles. The summed E-state index contributed by atoms with van der Waals surface area (Å²) in [4.78, 5) is 4.26. The fourth-order valence-corrected chi connectivity index (χ4v) is 1.33. The lowest BCUT2D eigenvalue weighted by Gasteiger charge is -2.16. The van der Waals surface area contributed by atoms with Gasteiger partial charge in [-0.15, -0.1) is 0 Å². The predicted molar refractivity (Wildman–Crippen MR) is 53.8 cm³/mol. The third kappa shape index (κ3) is 3.13. The monoisotopic (exact) mass is 179 g/mol. The first kappa shape index (κ1) is 10.2. The molecule has 0 bridgehead atoms. The van der Waals surface area contributed by atoms with Crippen molar-refractivity contribution in [2.75, 3.05) is 0 Å². The van der Waals surface area contributed by atoms with Crippen molar-refractivity contribution in [2.45, 2.75) is 26.3 Å². The highest BCUT2D eigenvalue weighted by molar-refractivity contribution is 5.08. The number of rotatable bonds is 4. The van der Waals surface area contributed by atoms with Gasteiger partial charge < -0.3 is 0 Å². The number of nitrogens with two attached hydrogens (primary N) is 1. The molecule has 0 saturated heterocycles. The van der Waals surface area contributed by atoms with E-state index >= 15 is 0 Å². The molecule has 72 valence electrons. The highest BCUT2D eigenvalue weighted by Crippen LogP contribution is 2.17. The normalized spacial score (nSPS) is 13.2. The zero-order chi connectivity index (χ0) is 9.68. The number of pyridine rings is 1. The summed E-state index contributed by atoms with van der Waals surface area (Å²) in [5.41, 5.74) is 3.80. The molecule has 3 nitrogen and oxygen atoms in total. The van der Waals surface area contributed by atoms with E-state index in [0.29, 0.717) is 5.92 Å². The zero-order valence-electron chi connectivity index (χ0n) is 8.20. The standard InChI is InChI=1S/C10H17N3/c1-8(2)7-10(13-11)9-5-3-4-6-12-9/h3-6,8,10,13H,7,11H2,1-2H3. The highest BCUT2D eigenvalue weighted by Gasteiger charge is 2.11. The van der Waals surface area contributed by atoms with Crippen molar-refractivity contribution in [1.82, 2.24) is 10.4 Å². The maximum Gasteiger partial charge on any atom is 0.0634 e. The van der Waals surface area contributed by atoms with Gasteiger partial charge in [-0.2, -0.15) is 0 Å². The smallest absolute Gasteiger partial charge is 0.0634 e. The predicted octanol–water partition coefficient (Wildman–Crippen LogP) is 1.63. The highest BCUT2D eigenvalue weighted by atomic mass is 15.2. The molecule has 1 unspecified atom stereocenters. The molecule has 1 rings (SSSR count). The van der Waals surface area contributed by atoms with Gasteiger partial charge in [0.2, 0.25) is 0 Å². The Kier molecular flexibility index (Phi) is 3.86. The Morgan fingerprint density at radius 1 is 1.46 bits per heavy atom. The minimum absolute atomic E-state index is 0.168. The Morgan fingerprint density at radius 2 is 2.23 bits per heavy atom. The first-order valence-electron chi connectivity index (χ1n) is 4.61. The molecule has 0 spiro atoms. The number of nitrogens with zero attached hydrogens (tertiary/aromatic N) is 1. The van der Waals surface area contributed by atoms with Crippen LogP contribution in [0.1, 0.15) is 32.0 Å². The SMILES string of the molecule is CC(C)CC(NN)c1ccccn1. The lowest BCUT2D eigenvalue weighted by molar-refractivity contribution is 0.430. The molecule has 0 radical (unpaired) electrons. The second kappa shape index (κ2) is 4.94. The summed E-state index contributed by atoms with van der Waals surface area (Å²) >= 11 is 0. The van der Waals surface area contributed by atoms with Crippen molar-refractivity contribution in [1.29, 1.82) is 0 Å². The summed E-state index contributed by atoms with van der Waals surface area (Å²) in [6.07, 6.45) is 2.80. The van der Waals surface area contributed by atoms with Crippen LogP contribution < -0.4 is 11.3 Å². The van der Waals surface area contributed by atoms with Crippen molar-refractivity contribution in [3.05, 3.63) is 30.1 Å². The Balaban J connectivity index is 2.67. The van der Waals surface area contributed by atoms with Gasteiger partial charge in [-0.25, -0.2) is 0 Å². The molecule has 0 aliphatic heterocycles. The van der Waals surface area contributed by atoms with Gasteiger partial charge in [-0.1, -0.05) is 19.9 Å². The molecule has 13 heavy (non-hydrogen) atoms. The van der Waals surface area contributed by atoms with Crippen molar-refractivity contribution in [2.24, 2.45) is 11.8 Å². The molecular formula is C10H17N3. The Bertz CT molecular complexity index is 233. The molecule has 1 atom stereocenters. The van der Waals surface area contributed by atoms with E-state index in [9.17, 15) is 0 Å². The van der Waals surface area contributed by atoms with E-state index in [1.807, 2.05) is 18.2 Å². The van der Waals surface area contributed by atoms with E-state index in [1.54, 1.807) is 6.20 Å². The fraction of sp³-hybridized carbons (Fsp3) is 0.500. The Labute approximate surface area is 79.3 Å². The third-order valence-corrected chi connectivity index (χ3v) is 1.95. The second-order valence-electron chi connectivity index (χ2n) is 3.60. The number of hydrogen-bond donors (Lipinski definition) is 2. The Morgan fingerprint density at radius 3 is 2.69 bits per heavy atom. The van der Waals surface area contributed by atoms with Gasteiger partial charge in [0, 0.05) is 6.20 Å². The van der Waals surface area contributed by atoms with Gasteiger partial charge in [0.1, 0.15) is 0 Å². The summed E-state index contributed by atoms with van der Waals surface area (Å²) in [6, 6.07) is 6.05. The number of aromatic nitrogens is 1. The van der Waals surface area contributed by atoms with Crippen LogP contribution in [0.4, 0.5) is 0 Å². The molecular weight excluding hydrogens is 162 g/mol. The maximum absolute atomic E-state index is 5.46. The van der Waals surface area contributed by atoms with Gasteiger partial charge in [-0.3, -0.25) is 16.3 Å². The van der Waals surface area contributed by atoms with Gasteiger partial charge >= 0.3 is 0 Å². The van der Waals surface area contributed by atoms with Crippen LogP contribution in [-0.2, 0) is 0 Å². The molecule has 0 fully saturated rings. The molecule has 1 aromatic rings. The van der Waals surface area contributed by atoms with Gasteiger partial charge in [0.05, 0.1) is 11.7 Å². The van der Waals surface area contributed by atoms with Crippen LogP contribution in [0.25, 0.3) is 0 Å². The number of hydrogen-bond acceptors (Lipinski definition) is 3. The summed E-state index contributed by atoms with van der Waals surface area (Å²) in [7, 11) is 0. The maximum atomic E-state index is 5.46. The van der Waals surface area contributed by atoms with Crippen molar-refractivity contribution in [3.8, 4) is 0 Å². The molecule has 0 amide bonds. The molecule has 1 aromatic heterocycles. The summed E-state index contributed by atoms with van der Waals surface area (Å²) < 4.78 is 0. The van der Waals surface area contributed by atoms with Crippen LogP contribution >= 0.6 is 0 Å². The molecule has 3 heteroatoms. The fourth-order valence-electron chi connectivity index (χ4n) is 1.33. The number of nitrogens with one attached hydrogen (secondary N) is 1. The Hall–Kier alpha value is -0.930. The zero-order valence-corrected chi connectivity index (χ0v) is 8.20. The average Bonchev–Trinajstić information content (AvgIpc) is 2.15. The first-order valence-corrected chi connectivity index (χ1v) is 4.61. The second-order valence-corrected chi connectivity index (χ2v) is 3.60. The van der Waals surface area contributed by atoms with Crippen LogP contribution in [0.3, 0.4) is 0 Å². The quantitative estimate of drug-likeness (QED) is 0.545.